The number of nitrogens with one attached hydrogen (secondary N) is 1. The first kappa shape index (κ1) is 20.7. The van der Waals surface area contributed by atoms with E-state index in [2.05, 4.69) is 15.1 Å². The number of piperazine rings is 1. The van der Waals surface area contributed by atoms with Gasteiger partial charge in [0.25, 0.3) is 0 Å². The van der Waals surface area contributed by atoms with Gasteiger partial charge in [0.1, 0.15) is 0 Å². The zero-order valence-electron chi connectivity index (χ0n) is 14.5. The van der Waals surface area contributed by atoms with Gasteiger partial charge >= 0.3 is 0 Å². The fourth-order valence-corrected chi connectivity index (χ4v) is 3.79. The van der Waals surface area contributed by atoms with Crippen molar-refractivity contribution in [3.63, 3.8) is 0 Å². The van der Waals surface area contributed by atoms with Gasteiger partial charge in [-0.2, -0.15) is 0 Å². The van der Waals surface area contributed by atoms with E-state index in [0.29, 0.717) is 32.3 Å². The predicted molar refractivity (Wildman–Crippen MR) is 113 cm³/mol. The van der Waals surface area contributed by atoms with Gasteiger partial charge in [-0.1, -0.05) is 52.5 Å². The maximum absolute atomic E-state index is 12.3. The third kappa shape index (κ3) is 5.98. The summed E-state index contributed by atoms with van der Waals surface area (Å²) in [5, 5.41) is 5.14. The highest BCUT2D eigenvalue weighted by Crippen LogP contribution is 2.25. The van der Waals surface area contributed by atoms with Crippen LogP contribution >= 0.6 is 46.4 Å². The number of carbonyl (C=O) groups is 1. The molecule has 1 heterocycles. The second-order valence-electron chi connectivity index (χ2n) is 6.46. The van der Waals surface area contributed by atoms with Crippen molar-refractivity contribution >= 4 is 58.0 Å². The first-order valence-corrected chi connectivity index (χ1v) is 10.1. The SMILES string of the molecule is O=C(CN1CCN(Cc2ccc(Cl)cc2Cl)CC1)Nc1cc(Cl)ccc1Cl. The molecule has 2 aromatic rings. The molecule has 0 radical (unpaired) electrons. The van der Waals surface area contributed by atoms with Crippen LogP contribution < -0.4 is 5.32 Å². The minimum Gasteiger partial charge on any atom is -0.324 e. The lowest BCUT2D eigenvalue weighted by atomic mass is 10.2. The van der Waals surface area contributed by atoms with Crippen LogP contribution in [0.2, 0.25) is 20.1 Å². The van der Waals surface area contributed by atoms with E-state index in [-0.39, 0.29) is 5.91 Å². The van der Waals surface area contributed by atoms with Crippen molar-refractivity contribution in [1.82, 2.24) is 9.80 Å². The third-order valence-electron chi connectivity index (χ3n) is 4.44. The average molecular weight is 447 g/mol. The van der Waals surface area contributed by atoms with Gasteiger partial charge in [-0.25, -0.2) is 0 Å². The van der Waals surface area contributed by atoms with Gasteiger partial charge in [0.2, 0.25) is 5.91 Å². The van der Waals surface area contributed by atoms with Crippen molar-refractivity contribution in [1.29, 1.82) is 0 Å². The average Bonchev–Trinajstić information content (AvgIpc) is 2.62. The minimum atomic E-state index is -0.103. The molecule has 1 N–H and O–H groups in total. The van der Waals surface area contributed by atoms with Crippen LogP contribution in [0.25, 0.3) is 0 Å². The molecule has 0 spiro atoms. The van der Waals surface area contributed by atoms with Gasteiger partial charge in [0.05, 0.1) is 17.3 Å². The number of benzene rings is 2. The van der Waals surface area contributed by atoms with Gasteiger partial charge in [-0.05, 0) is 35.9 Å². The lowest BCUT2D eigenvalue weighted by Crippen LogP contribution is -2.48. The summed E-state index contributed by atoms with van der Waals surface area (Å²) in [7, 11) is 0. The molecule has 1 saturated heterocycles. The standard InChI is InChI=1S/C19H19Cl4N3O/c20-14-2-1-13(17(23)9-14)11-25-5-7-26(8-6-25)12-19(27)24-18-10-15(21)3-4-16(18)22/h1-4,9-10H,5-8,11-12H2,(H,24,27). The van der Waals surface area contributed by atoms with Crippen LogP contribution in [0, 0.1) is 0 Å². The maximum atomic E-state index is 12.3. The number of anilines is 1. The molecule has 0 unspecified atom stereocenters. The van der Waals surface area contributed by atoms with Crippen molar-refractivity contribution in [2.24, 2.45) is 0 Å². The Morgan fingerprint density at radius 3 is 2.19 bits per heavy atom. The summed E-state index contributed by atoms with van der Waals surface area (Å²) in [4.78, 5) is 16.7. The first-order valence-electron chi connectivity index (χ1n) is 8.54. The number of nitrogens with zero attached hydrogens (tertiary/aromatic N) is 2. The number of hydrogen-bond acceptors (Lipinski definition) is 3. The normalized spacial score (nSPS) is 15.7. The number of halogens is 4. The Labute approximate surface area is 178 Å². The Morgan fingerprint density at radius 1 is 0.852 bits per heavy atom. The molecule has 1 aliphatic rings. The largest absolute Gasteiger partial charge is 0.324 e. The van der Waals surface area contributed by atoms with Crippen molar-refractivity contribution < 1.29 is 4.79 Å². The molecule has 0 bridgehead atoms. The number of hydrogen-bond donors (Lipinski definition) is 1. The minimum absolute atomic E-state index is 0.103. The summed E-state index contributed by atoms with van der Waals surface area (Å²) >= 11 is 24.2. The zero-order chi connectivity index (χ0) is 19.4. The molecular formula is C19H19Cl4N3O. The topological polar surface area (TPSA) is 35.6 Å². The molecule has 144 valence electrons. The van der Waals surface area contributed by atoms with Crippen LogP contribution in [0.1, 0.15) is 5.56 Å². The van der Waals surface area contributed by atoms with Gasteiger partial charge in [0.15, 0.2) is 0 Å². The van der Waals surface area contributed by atoms with E-state index in [1.807, 2.05) is 12.1 Å². The van der Waals surface area contributed by atoms with Crippen LogP contribution in [0.5, 0.6) is 0 Å². The fourth-order valence-electron chi connectivity index (χ4n) is 2.98. The highest BCUT2D eigenvalue weighted by Gasteiger charge is 2.20. The van der Waals surface area contributed by atoms with E-state index in [9.17, 15) is 4.79 Å². The smallest absolute Gasteiger partial charge is 0.238 e. The van der Waals surface area contributed by atoms with Crippen molar-refractivity contribution in [2.75, 3.05) is 38.0 Å². The highest BCUT2D eigenvalue weighted by atomic mass is 35.5. The highest BCUT2D eigenvalue weighted by molar-refractivity contribution is 6.36. The first-order chi connectivity index (χ1) is 12.9. The van der Waals surface area contributed by atoms with E-state index in [1.54, 1.807) is 24.3 Å². The molecule has 0 saturated carbocycles. The van der Waals surface area contributed by atoms with E-state index in [0.717, 1.165) is 38.3 Å². The van der Waals surface area contributed by atoms with Gasteiger partial charge < -0.3 is 5.32 Å². The summed E-state index contributed by atoms with van der Waals surface area (Å²) in [6.45, 7) is 4.44. The molecule has 1 aliphatic heterocycles. The van der Waals surface area contributed by atoms with Crippen LogP contribution in [0.3, 0.4) is 0 Å². The summed E-state index contributed by atoms with van der Waals surface area (Å²) in [6, 6.07) is 10.6. The molecule has 4 nitrogen and oxygen atoms in total. The molecule has 3 rings (SSSR count). The Morgan fingerprint density at radius 2 is 1.48 bits per heavy atom. The van der Waals surface area contributed by atoms with Crippen LogP contribution in [0.15, 0.2) is 36.4 Å². The molecule has 0 aromatic heterocycles. The quantitative estimate of drug-likeness (QED) is 0.697. The van der Waals surface area contributed by atoms with Gasteiger partial charge in [0, 0.05) is 47.8 Å². The summed E-state index contributed by atoms with van der Waals surface area (Å²) in [5.41, 5.74) is 1.59. The summed E-state index contributed by atoms with van der Waals surface area (Å²) in [6.07, 6.45) is 0. The number of rotatable bonds is 5. The monoisotopic (exact) mass is 445 g/mol. The van der Waals surface area contributed by atoms with Crippen LogP contribution in [-0.2, 0) is 11.3 Å². The number of carbonyl (C=O) groups excluding carboxylic acids is 1. The van der Waals surface area contributed by atoms with Gasteiger partial charge in [-0.3, -0.25) is 14.6 Å². The maximum Gasteiger partial charge on any atom is 0.238 e. The van der Waals surface area contributed by atoms with E-state index in [4.69, 9.17) is 46.4 Å². The zero-order valence-corrected chi connectivity index (χ0v) is 17.5. The van der Waals surface area contributed by atoms with E-state index >= 15 is 0 Å². The molecule has 1 amide bonds. The Hall–Kier alpha value is -1.01. The Balaban J connectivity index is 1.47. The molecule has 0 atom stereocenters. The van der Waals surface area contributed by atoms with Crippen LogP contribution in [-0.4, -0.2) is 48.4 Å². The van der Waals surface area contributed by atoms with Crippen molar-refractivity contribution in [3.8, 4) is 0 Å². The Bertz CT molecular complexity index is 823. The van der Waals surface area contributed by atoms with E-state index in [1.165, 1.54) is 0 Å². The van der Waals surface area contributed by atoms with Crippen molar-refractivity contribution in [3.05, 3.63) is 62.1 Å². The lowest BCUT2D eigenvalue weighted by Gasteiger charge is -2.34. The molecule has 2 aromatic carbocycles. The van der Waals surface area contributed by atoms with Crippen LogP contribution in [0.4, 0.5) is 5.69 Å². The summed E-state index contributed by atoms with van der Waals surface area (Å²) in [5.74, 6) is -0.103. The summed E-state index contributed by atoms with van der Waals surface area (Å²) < 4.78 is 0. The molecular weight excluding hydrogens is 428 g/mol. The second-order valence-corrected chi connectivity index (χ2v) is 8.15. The Kier molecular flexibility index (Phi) is 7.26. The predicted octanol–water partition coefficient (Wildman–Crippen LogP) is 5.06. The molecule has 27 heavy (non-hydrogen) atoms. The van der Waals surface area contributed by atoms with Gasteiger partial charge in [-0.15, -0.1) is 0 Å². The number of amides is 1. The second kappa shape index (κ2) is 9.46. The van der Waals surface area contributed by atoms with E-state index < -0.39 is 0 Å². The lowest BCUT2D eigenvalue weighted by molar-refractivity contribution is -0.117. The van der Waals surface area contributed by atoms with Crippen molar-refractivity contribution in [2.45, 2.75) is 6.54 Å². The fraction of sp³-hybridized carbons (Fsp3) is 0.316. The molecule has 1 fully saturated rings. The molecule has 0 aliphatic carbocycles. The molecule has 8 heteroatoms. The third-order valence-corrected chi connectivity index (χ3v) is 5.60.